The molecule has 0 fully saturated rings. The van der Waals surface area contributed by atoms with E-state index in [4.69, 9.17) is 9.47 Å². The van der Waals surface area contributed by atoms with E-state index >= 15 is 0 Å². The zero-order valence-electron chi connectivity index (χ0n) is 11.8. The average molecular weight is 288 g/mol. The Morgan fingerprint density at radius 1 is 1.24 bits per heavy atom. The predicted octanol–water partition coefficient (Wildman–Crippen LogP) is 3.78. The van der Waals surface area contributed by atoms with Gasteiger partial charge in [0.25, 0.3) is 0 Å². The number of para-hydroxylation sites is 1. The average Bonchev–Trinajstić information content (AvgIpc) is 2.49. The number of fused-ring (bicyclic) bond motifs is 1. The molecule has 1 heterocycles. The Hall–Kier alpha value is -2.07. The molecule has 2 unspecified atom stereocenters. The van der Waals surface area contributed by atoms with Gasteiger partial charge < -0.3 is 14.6 Å². The first-order chi connectivity index (χ1) is 10.2. The molecule has 0 saturated carbocycles. The summed E-state index contributed by atoms with van der Waals surface area (Å²) in [4.78, 5) is 0. The third kappa shape index (κ3) is 2.72. The van der Waals surface area contributed by atoms with Crippen LogP contribution in [-0.2, 0) is 0 Å². The lowest BCUT2D eigenvalue weighted by Crippen LogP contribution is -2.20. The summed E-state index contributed by atoms with van der Waals surface area (Å²) >= 11 is 0. The van der Waals surface area contributed by atoms with E-state index in [-0.39, 0.29) is 11.9 Å². The maximum Gasteiger partial charge on any atom is 0.130 e. The molecule has 0 amide bonds. The van der Waals surface area contributed by atoms with Gasteiger partial charge in [0, 0.05) is 17.5 Å². The number of ether oxygens (including phenoxy) is 2. The van der Waals surface area contributed by atoms with E-state index in [1.165, 1.54) is 12.1 Å². The molecule has 0 spiro atoms. The van der Waals surface area contributed by atoms with Crippen LogP contribution in [-0.4, -0.2) is 11.7 Å². The summed E-state index contributed by atoms with van der Waals surface area (Å²) in [5.74, 6) is 0.902. The molecule has 2 atom stereocenters. The van der Waals surface area contributed by atoms with Gasteiger partial charge in [0.1, 0.15) is 23.4 Å². The second kappa shape index (κ2) is 5.74. The lowest BCUT2D eigenvalue weighted by atomic mass is 9.94. The Kier molecular flexibility index (Phi) is 3.80. The van der Waals surface area contributed by atoms with Crippen LogP contribution >= 0.6 is 0 Å². The second-order valence-corrected chi connectivity index (χ2v) is 5.01. The van der Waals surface area contributed by atoms with Gasteiger partial charge in [-0.3, -0.25) is 0 Å². The maximum atomic E-state index is 13.3. The van der Waals surface area contributed by atoms with Gasteiger partial charge in [-0.2, -0.15) is 0 Å². The highest BCUT2D eigenvalue weighted by Gasteiger charge is 2.30. The van der Waals surface area contributed by atoms with Crippen molar-refractivity contribution < 1.29 is 19.0 Å². The van der Waals surface area contributed by atoms with Gasteiger partial charge in [0.15, 0.2) is 0 Å². The van der Waals surface area contributed by atoms with E-state index in [9.17, 15) is 9.50 Å². The quantitative estimate of drug-likeness (QED) is 0.934. The number of hydrogen-bond acceptors (Lipinski definition) is 3. The minimum Gasteiger partial charge on any atom is -0.493 e. The van der Waals surface area contributed by atoms with Crippen molar-refractivity contribution in [3.63, 3.8) is 0 Å². The molecule has 1 N–H and O–H groups in total. The molecule has 2 aromatic carbocycles. The van der Waals surface area contributed by atoms with Gasteiger partial charge in [0.05, 0.1) is 12.7 Å². The fraction of sp³-hybridized carbons (Fsp3) is 0.294. The van der Waals surface area contributed by atoms with E-state index in [2.05, 4.69) is 0 Å². The van der Waals surface area contributed by atoms with Crippen LogP contribution in [0.2, 0.25) is 0 Å². The summed E-state index contributed by atoms with van der Waals surface area (Å²) in [6.45, 7) is 2.49. The van der Waals surface area contributed by atoms with E-state index in [0.717, 1.165) is 11.3 Å². The second-order valence-electron chi connectivity index (χ2n) is 5.01. The summed E-state index contributed by atoms with van der Waals surface area (Å²) in [5, 5.41) is 10.3. The first kappa shape index (κ1) is 13.9. The highest BCUT2D eigenvalue weighted by atomic mass is 19.1. The van der Waals surface area contributed by atoms with Crippen LogP contribution in [0.5, 0.6) is 11.5 Å². The third-order valence-corrected chi connectivity index (χ3v) is 3.60. The third-order valence-electron chi connectivity index (χ3n) is 3.60. The van der Waals surface area contributed by atoms with Crippen LogP contribution in [0.1, 0.15) is 36.7 Å². The van der Waals surface area contributed by atoms with Crippen LogP contribution in [0.25, 0.3) is 0 Å². The molecule has 3 rings (SSSR count). The lowest BCUT2D eigenvalue weighted by molar-refractivity contribution is 0.0638. The Morgan fingerprint density at radius 3 is 2.86 bits per heavy atom. The molecule has 1 aliphatic rings. The minimum absolute atomic E-state index is 0.305. The molecular formula is C17H17FO3. The number of rotatable bonds is 3. The van der Waals surface area contributed by atoms with Crippen molar-refractivity contribution in [1.82, 2.24) is 0 Å². The first-order valence-corrected chi connectivity index (χ1v) is 7.05. The van der Waals surface area contributed by atoms with Crippen molar-refractivity contribution in [2.24, 2.45) is 0 Å². The van der Waals surface area contributed by atoms with E-state index in [1.54, 1.807) is 6.07 Å². The highest BCUT2D eigenvalue weighted by molar-refractivity contribution is 5.42. The van der Waals surface area contributed by atoms with Crippen LogP contribution in [0, 0.1) is 5.82 Å². The molecule has 4 heteroatoms. The Bertz CT molecular complexity index is 642. The monoisotopic (exact) mass is 288 g/mol. The Morgan fingerprint density at radius 2 is 2.05 bits per heavy atom. The van der Waals surface area contributed by atoms with Gasteiger partial charge in [-0.25, -0.2) is 4.39 Å². The van der Waals surface area contributed by atoms with E-state index in [1.807, 2.05) is 31.2 Å². The molecule has 0 bridgehead atoms. The maximum absolute atomic E-state index is 13.3. The minimum atomic E-state index is -0.746. The van der Waals surface area contributed by atoms with E-state index < -0.39 is 6.10 Å². The summed E-state index contributed by atoms with van der Waals surface area (Å²) < 4.78 is 24.8. The van der Waals surface area contributed by atoms with Gasteiger partial charge in [-0.1, -0.05) is 18.2 Å². The van der Waals surface area contributed by atoms with E-state index in [0.29, 0.717) is 24.3 Å². The van der Waals surface area contributed by atoms with Gasteiger partial charge in [-0.05, 0) is 31.2 Å². The Labute approximate surface area is 122 Å². The SMILES string of the molecule is CCOc1ccccc1C1CC(O)c2cc(F)ccc2O1. The Balaban J connectivity index is 1.94. The van der Waals surface area contributed by atoms with Crippen molar-refractivity contribution in [2.75, 3.05) is 6.61 Å². The molecule has 1 aliphatic heterocycles. The summed E-state index contributed by atoms with van der Waals surface area (Å²) in [6.07, 6.45) is -0.676. The molecule has 0 aromatic heterocycles. The number of aliphatic hydroxyl groups excluding tert-OH is 1. The fourth-order valence-electron chi connectivity index (χ4n) is 2.64. The molecular weight excluding hydrogens is 271 g/mol. The summed E-state index contributed by atoms with van der Waals surface area (Å²) in [6, 6.07) is 11.8. The standard InChI is InChI=1S/C17H17FO3/c1-2-20-15-6-4-3-5-12(15)17-10-14(19)13-9-11(18)7-8-16(13)21-17/h3-9,14,17,19H,2,10H2,1H3. The fourth-order valence-corrected chi connectivity index (χ4v) is 2.64. The van der Waals surface area contributed by atoms with Crippen molar-refractivity contribution in [1.29, 1.82) is 0 Å². The number of halogens is 1. The summed E-state index contributed by atoms with van der Waals surface area (Å²) in [7, 11) is 0. The predicted molar refractivity (Wildman–Crippen MR) is 77.0 cm³/mol. The van der Waals surface area contributed by atoms with Crippen molar-refractivity contribution in [3.05, 3.63) is 59.4 Å². The topological polar surface area (TPSA) is 38.7 Å². The van der Waals surface area contributed by atoms with Crippen LogP contribution in [0.15, 0.2) is 42.5 Å². The lowest BCUT2D eigenvalue weighted by Gasteiger charge is -2.30. The summed E-state index contributed by atoms with van der Waals surface area (Å²) in [5.41, 5.74) is 1.40. The molecule has 21 heavy (non-hydrogen) atoms. The molecule has 0 radical (unpaired) electrons. The molecule has 0 saturated heterocycles. The molecule has 0 aliphatic carbocycles. The molecule has 2 aromatic rings. The smallest absolute Gasteiger partial charge is 0.130 e. The normalized spacial score (nSPS) is 20.5. The van der Waals surface area contributed by atoms with Crippen molar-refractivity contribution in [2.45, 2.75) is 25.6 Å². The zero-order chi connectivity index (χ0) is 14.8. The van der Waals surface area contributed by atoms with Crippen molar-refractivity contribution in [3.8, 4) is 11.5 Å². The molecule has 110 valence electrons. The highest BCUT2D eigenvalue weighted by Crippen LogP contribution is 2.43. The first-order valence-electron chi connectivity index (χ1n) is 7.05. The largest absolute Gasteiger partial charge is 0.493 e. The van der Waals surface area contributed by atoms with Crippen molar-refractivity contribution >= 4 is 0 Å². The zero-order valence-corrected chi connectivity index (χ0v) is 11.8. The van der Waals surface area contributed by atoms with Crippen LogP contribution in [0.4, 0.5) is 4.39 Å². The van der Waals surface area contributed by atoms with Gasteiger partial charge >= 0.3 is 0 Å². The number of benzene rings is 2. The van der Waals surface area contributed by atoms with Crippen LogP contribution < -0.4 is 9.47 Å². The number of aliphatic hydroxyl groups is 1. The number of hydrogen-bond donors (Lipinski definition) is 1. The van der Waals surface area contributed by atoms with Gasteiger partial charge in [-0.15, -0.1) is 0 Å². The molecule has 3 nitrogen and oxygen atoms in total. The van der Waals surface area contributed by atoms with Gasteiger partial charge in [0.2, 0.25) is 0 Å². The van der Waals surface area contributed by atoms with Crippen LogP contribution in [0.3, 0.4) is 0 Å².